The number of rotatable bonds is 27. The van der Waals surface area contributed by atoms with Crippen LogP contribution in [0.1, 0.15) is 95.0 Å². The number of aliphatic carboxylic acids is 2. The Bertz CT molecular complexity index is 2340. The number of amides is 5. The summed E-state index contributed by atoms with van der Waals surface area (Å²) in [4.78, 5) is 119. The highest BCUT2D eigenvalue weighted by Gasteiger charge is 2.40. The van der Waals surface area contributed by atoms with Crippen molar-refractivity contribution >= 4 is 53.5 Å². The molecule has 7 atom stereocenters. The first kappa shape index (κ1) is 58.2. The molecule has 0 aromatic heterocycles. The SMILES string of the molecule is Cc1ccccc1C[C@H](NC(=O)[C@@H](Cc1ccc(O)cc1)NC(C(=O)[C@@H](CC(=O)O)NC(=O)CCC(=O)O)c1ccccc1)C(=O)N[C@H](C(=O)N[C@@H](CC(C)C)C(=O)N[C@H](C=O)CC(F)(F)F)C(C)(C)C. The highest BCUT2D eigenvalue weighted by Crippen LogP contribution is 2.24. The minimum Gasteiger partial charge on any atom is -0.508 e. The second-order valence-electron chi connectivity index (χ2n) is 18.7. The van der Waals surface area contributed by atoms with Crippen molar-refractivity contribution in [1.29, 1.82) is 0 Å². The minimum absolute atomic E-state index is 0.0613. The number of benzene rings is 3. The number of Topliss-reactive ketones (excluding diaryl/α,β-unsaturated/α-hetero) is 1. The Kier molecular flexibility index (Phi) is 21.9. The largest absolute Gasteiger partial charge is 0.508 e. The first-order valence-corrected chi connectivity index (χ1v) is 22.8. The number of carboxylic acids is 2. The number of hydrogen-bond acceptors (Lipinski definition) is 11. The Morgan fingerprint density at radius 1 is 0.648 bits per heavy atom. The molecule has 0 bridgehead atoms. The van der Waals surface area contributed by atoms with E-state index in [2.05, 4.69) is 26.6 Å². The standard InChI is InChI=1S/C50H63F3N6O12/c1-28(2)22-36(45(68)54-33(27-60)26-50(51,52)53)58-48(71)44(49(4,5)6)59-47(70)38(24-32-15-11-10-12-29(32)3)57-46(69)37(23-30-16-18-34(61)19-17-30)56-42(31-13-8-7-9-14-31)43(67)35(25-41(65)66)55-39(62)20-21-40(63)64/h7-19,27-28,33,35-38,42,44,56,61H,20-26H2,1-6H3,(H,54,68)(H,55,62)(H,57,69)(H,58,71)(H,59,70)(H,63,64)(H,65,66)/t33-,35+,36-,37+,38-,42?,44+/m0/s1. The first-order valence-electron chi connectivity index (χ1n) is 22.8. The van der Waals surface area contributed by atoms with Crippen LogP contribution in [-0.4, -0.2) is 111 Å². The van der Waals surface area contributed by atoms with Gasteiger partial charge < -0.3 is 46.7 Å². The molecular formula is C50H63F3N6O12. The van der Waals surface area contributed by atoms with Crippen LogP contribution in [0.5, 0.6) is 5.75 Å². The maximum absolute atomic E-state index is 14.9. The van der Waals surface area contributed by atoms with Crippen molar-refractivity contribution in [2.45, 2.75) is 135 Å². The lowest BCUT2D eigenvalue weighted by molar-refractivity contribution is -0.147. The fourth-order valence-corrected chi connectivity index (χ4v) is 7.45. The number of nitrogens with one attached hydrogen (secondary N) is 6. The average Bonchev–Trinajstić information content (AvgIpc) is 3.28. The molecule has 0 saturated heterocycles. The molecule has 0 radical (unpaired) electrons. The van der Waals surface area contributed by atoms with Gasteiger partial charge in [-0.25, -0.2) is 0 Å². The van der Waals surface area contributed by atoms with Gasteiger partial charge in [0.05, 0.1) is 43.4 Å². The molecule has 1 unspecified atom stereocenters. The molecule has 0 aliphatic rings. The number of aldehydes is 1. The van der Waals surface area contributed by atoms with Gasteiger partial charge in [-0.15, -0.1) is 0 Å². The Labute approximate surface area is 409 Å². The predicted octanol–water partition coefficient (Wildman–Crippen LogP) is 3.76. The number of aromatic hydroxyl groups is 1. The molecule has 3 rings (SSSR count). The van der Waals surface area contributed by atoms with Gasteiger partial charge in [0.15, 0.2) is 5.78 Å². The third-order valence-corrected chi connectivity index (χ3v) is 11.1. The molecule has 0 aliphatic carbocycles. The monoisotopic (exact) mass is 996 g/mol. The van der Waals surface area contributed by atoms with Crippen LogP contribution in [0, 0.1) is 18.3 Å². The lowest BCUT2D eigenvalue weighted by Gasteiger charge is -2.34. The number of hydrogen-bond donors (Lipinski definition) is 9. The van der Waals surface area contributed by atoms with Crippen LogP contribution in [0.15, 0.2) is 78.9 Å². The summed E-state index contributed by atoms with van der Waals surface area (Å²) in [6.07, 6.45) is -9.04. The summed E-state index contributed by atoms with van der Waals surface area (Å²) < 4.78 is 39.5. The summed E-state index contributed by atoms with van der Waals surface area (Å²) in [7, 11) is 0. The molecule has 5 amide bonds. The van der Waals surface area contributed by atoms with Crippen molar-refractivity contribution in [3.63, 3.8) is 0 Å². The van der Waals surface area contributed by atoms with Crippen molar-refractivity contribution in [2.75, 3.05) is 0 Å². The smallest absolute Gasteiger partial charge is 0.391 e. The number of halogens is 3. The van der Waals surface area contributed by atoms with Crippen LogP contribution >= 0.6 is 0 Å². The molecule has 3 aromatic carbocycles. The minimum atomic E-state index is -4.79. The molecule has 0 spiro atoms. The van der Waals surface area contributed by atoms with Crippen LogP contribution in [0.4, 0.5) is 13.2 Å². The third-order valence-electron chi connectivity index (χ3n) is 11.1. The number of carbonyl (C=O) groups excluding carboxylic acids is 7. The zero-order valence-electron chi connectivity index (χ0n) is 40.3. The molecule has 0 heterocycles. The molecule has 21 heteroatoms. The topological polar surface area (TPSA) is 286 Å². The van der Waals surface area contributed by atoms with E-state index in [1.54, 1.807) is 84.0 Å². The van der Waals surface area contributed by atoms with Crippen molar-refractivity contribution < 1.29 is 71.6 Å². The van der Waals surface area contributed by atoms with Crippen molar-refractivity contribution in [3.05, 3.63) is 101 Å². The van der Waals surface area contributed by atoms with Crippen LogP contribution in [0.2, 0.25) is 0 Å². The third kappa shape index (κ3) is 20.0. The normalized spacial score (nSPS) is 14.6. The summed E-state index contributed by atoms with van der Waals surface area (Å²) in [6.45, 7) is 9.95. The number of aryl methyl sites for hydroxylation is 1. The Hall–Kier alpha value is -7.16. The van der Waals surface area contributed by atoms with E-state index in [4.69, 9.17) is 5.11 Å². The lowest BCUT2D eigenvalue weighted by Crippen LogP contribution is -2.62. The molecule has 71 heavy (non-hydrogen) atoms. The van der Waals surface area contributed by atoms with Gasteiger partial charge in [-0.3, -0.25) is 43.7 Å². The number of phenols is 1. The van der Waals surface area contributed by atoms with Gasteiger partial charge in [0, 0.05) is 12.8 Å². The Morgan fingerprint density at radius 2 is 1.23 bits per heavy atom. The van der Waals surface area contributed by atoms with Gasteiger partial charge in [0.25, 0.3) is 0 Å². The Morgan fingerprint density at radius 3 is 1.77 bits per heavy atom. The molecular weight excluding hydrogens is 934 g/mol. The van der Waals surface area contributed by atoms with Crippen LogP contribution in [0.25, 0.3) is 0 Å². The van der Waals surface area contributed by atoms with Gasteiger partial charge in [-0.1, -0.05) is 101 Å². The summed E-state index contributed by atoms with van der Waals surface area (Å²) in [5, 5.41) is 44.3. The fraction of sp³-hybridized carbons (Fsp3) is 0.460. The second kappa shape index (κ2) is 26.7. The van der Waals surface area contributed by atoms with Gasteiger partial charge in [0.2, 0.25) is 29.5 Å². The average molecular weight is 997 g/mol. The maximum atomic E-state index is 14.9. The van der Waals surface area contributed by atoms with Crippen LogP contribution in [-0.2, 0) is 56.0 Å². The molecule has 0 aliphatic heterocycles. The Balaban J connectivity index is 2.10. The summed E-state index contributed by atoms with van der Waals surface area (Å²) >= 11 is 0. The summed E-state index contributed by atoms with van der Waals surface area (Å²) in [5.41, 5.74) is 0.878. The molecule has 9 N–H and O–H groups in total. The zero-order chi connectivity index (χ0) is 53.2. The highest BCUT2D eigenvalue weighted by atomic mass is 19.4. The maximum Gasteiger partial charge on any atom is 0.391 e. The first-order chi connectivity index (χ1) is 33.2. The van der Waals surface area contributed by atoms with Gasteiger partial charge >= 0.3 is 18.1 Å². The van der Waals surface area contributed by atoms with Crippen LogP contribution in [0.3, 0.4) is 0 Å². The van der Waals surface area contributed by atoms with Crippen molar-refractivity contribution in [2.24, 2.45) is 11.3 Å². The van der Waals surface area contributed by atoms with Gasteiger partial charge in [0.1, 0.15) is 30.2 Å². The van der Waals surface area contributed by atoms with E-state index in [-0.39, 0.29) is 42.8 Å². The summed E-state index contributed by atoms with van der Waals surface area (Å²) in [6, 6.07) is 9.44. The van der Waals surface area contributed by atoms with E-state index in [0.29, 0.717) is 11.1 Å². The van der Waals surface area contributed by atoms with E-state index in [9.17, 15) is 66.5 Å². The van der Waals surface area contributed by atoms with E-state index >= 15 is 0 Å². The molecule has 3 aromatic rings. The van der Waals surface area contributed by atoms with Crippen LogP contribution < -0.4 is 31.9 Å². The number of phenolic OH excluding ortho intramolecular Hbond substituents is 1. The summed E-state index contributed by atoms with van der Waals surface area (Å²) in [5.74, 6) is -8.76. The van der Waals surface area contributed by atoms with E-state index in [0.717, 1.165) is 5.56 Å². The number of ketones is 1. The quantitative estimate of drug-likeness (QED) is 0.0493. The van der Waals surface area contributed by atoms with Gasteiger partial charge in [-0.2, -0.15) is 13.2 Å². The van der Waals surface area contributed by atoms with Crippen molar-refractivity contribution in [3.8, 4) is 5.75 Å². The molecule has 0 fully saturated rings. The number of carboxylic acid groups (broad SMARTS) is 2. The molecule has 18 nitrogen and oxygen atoms in total. The second-order valence-corrected chi connectivity index (χ2v) is 18.7. The zero-order valence-corrected chi connectivity index (χ0v) is 40.3. The molecule has 386 valence electrons. The van der Waals surface area contributed by atoms with Gasteiger partial charge in [-0.05, 0) is 65.5 Å². The highest BCUT2D eigenvalue weighted by molar-refractivity contribution is 5.98. The fourth-order valence-electron chi connectivity index (χ4n) is 7.45. The van der Waals surface area contributed by atoms with E-state index in [1.165, 1.54) is 36.4 Å². The predicted molar refractivity (Wildman–Crippen MR) is 252 cm³/mol. The number of alkyl halides is 3. The number of carbonyl (C=O) groups is 9. The van der Waals surface area contributed by atoms with E-state index < -0.39 is 127 Å². The lowest BCUT2D eigenvalue weighted by atomic mass is 9.85. The van der Waals surface area contributed by atoms with E-state index in [1.807, 2.05) is 5.32 Å². The van der Waals surface area contributed by atoms with Crippen molar-refractivity contribution in [1.82, 2.24) is 31.9 Å². The molecule has 0 saturated carbocycles.